The van der Waals surface area contributed by atoms with Crippen LogP contribution in [0.15, 0.2) is 97.1 Å². The third kappa shape index (κ3) is 11.3. The summed E-state index contributed by atoms with van der Waals surface area (Å²) in [5, 5.41) is 27.1. The number of carboxylic acid groups (broad SMARTS) is 2. The SMILES string of the molecule is CC(=O)c1c(C)nc(C)c(C(=O)CCCCCCCN2CCC(c3ccccc3)(c3ccccc3)CC2)c1-c1cccc([N+](=O)[O-])c1.O=C(O)C=CC(=O)O. The maximum absolute atomic E-state index is 13.6. The minimum Gasteiger partial charge on any atom is -0.478 e. The molecule has 2 N–H and O–H groups in total. The second-order valence-electron chi connectivity index (χ2n) is 13.9. The number of carbonyl (C=O) groups excluding carboxylic acids is 2. The number of ketones is 2. The Hall–Kier alpha value is -5.81. The summed E-state index contributed by atoms with van der Waals surface area (Å²) >= 11 is 0. The molecule has 2 heterocycles. The predicted molar refractivity (Wildman–Crippen MR) is 212 cm³/mol. The van der Waals surface area contributed by atoms with Crippen LogP contribution in [-0.4, -0.2) is 68.2 Å². The second kappa shape index (κ2) is 20.0. The molecular formula is C44H49N3O8. The average Bonchev–Trinajstić information content (AvgIpc) is 3.17. The van der Waals surface area contributed by atoms with Crippen molar-refractivity contribution < 1.29 is 34.3 Å². The molecule has 55 heavy (non-hydrogen) atoms. The first-order valence-corrected chi connectivity index (χ1v) is 18.6. The number of aromatic nitrogens is 1. The highest BCUT2D eigenvalue weighted by atomic mass is 16.6. The van der Waals surface area contributed by atoms with Crippen LogP contribution in [0.2, 0.25) is 0 Å². The monoisotopic (exact) mass is 747 g/mol. The van der Waals surface area contributed by atoms with Gasteiger partial charge in [-0.2, -0.15) is 0 Å². The Bertz CT molecular complexity index is 1940. The summed E-state index contributed by atoms with van der Waals surface area (Å²) in [5.41, 5.74) is 5.56. The maximum Gasteiger partial charge on any atom is 0.328 e. The van der Waals surface area contributed by atoms with Gasteiger partial charge in [0.1, 0.15) is 0 Å². The summed E-state index contributed by atoms with van der Waals surface area (Å²) in [6, 6.07) is 28.1. The minimum absolute atomic E-state index is 0.0666. The number of hydrogen-bond acceptors (Lipinski definition) is 8. The molecule has 1 aliphatic rings. The zero-order chi connectivity index (χ0) is 40.0. The van der Waals surface area contributed by atoms with Gasteiger partial charge in [0.15, 0.2) is 11.6 Å². The summed E-state index contributed by atoms with van der Waals surface area (Å²) in [4.78, 5) is 63.6. The molecule has 4 aromatic rings. The molecule has 0 radical (unpaired) electrons. The van der Waals surface area contributed by atoms with Gasteiger partial charge in [-0.25, -0.2) is 9.59 Å². The number of nitro benzene ring substituents is 1. The quantitative estimate of drug-likeness (QED) is 0.0372. The van der Waals surface area contributed by atoms with Crippen LogP contribution in [0.1, 0.15) is 102 Å². The molecule has 288 valence electrons. The lowest BCUT2D eigenvalue weighted by Gasteiger charge is -2.43. The number of piperidine rings is 1. The number of nitro groups is 1. The maximum atomic E-state index is 13.6. The topological polar surface area (TPSA) is 168 Å². The van der Waals surface area contributed by atoms with E-state index in [9.17, 15) is 29.3 Å². The molecule has 3 aromatic carbocycles. The second-order valence-corrected chi connectivity index (χ2v) is 13.9. The lowest BCUT2D eigenvalue weighted by atomic mass is 9.68. The van der Waals surface area contributed by atoms with E-state index < -0.39 is 16.9 Å². The lowest BCUT2D eigenvalue weighted by molar-refractivity contribution is -0.384. The van der Waals surface area contributed by atoms with Crippen LogP contribution in [0.4, 0.5) is 5.69 Å². The van der Waals surface area contributed by atoms with Gasteiger partial charge in [0.05, 0.1) is 4.92 Å². The van der Waals surface area contributed by atoms with E-state index in [2.05, 4.69) is 70.5 Å². The first-order chi connectivity index (χ1) is 26.3. The molecule has 0 spiro atoms. The molecule has 5 rings (SSSR count). The van der Waals surface area contributed by atoms with Crippen molar-refractivity contribution in [1.29, 1.82) is 0 Å². The fourth-order valence-corrected chi connectivity index (χ4v) is 7.52. The first-order valence-electron chi connectivity index (χ1n) is 18.6. The fraction of sp³-hybridized carbons (Fsp3) is 0.341. The molecule has 0 atom stereocenters. The van der Waals surface area contributed by atoms with Crippen LogP contribution < -0.4 is 0 Å². The molecule has 1 aromatic heterocycles. The zero-order valence-corrected chi connectivity index (χ0v) is 31.7. The Morgan fingerprint density at radius 3 is 1.82 bits per heavy atom. The summed E-state index contributed by atoms with van der Waals surface area (Å²) < 4.78 is 0. The van der Waals surface area contributed by atoms with Gasteiger partial charge in [0.2, 0.25) is 0 Å². The number of unbranched alkanes of at least 4 members (excludes halogenated alkanes) is 4. The van der Waals surface area contributed by atoms with E-state index in [-0.39, 0.29) is 22.7 Å². The smallest absolute Gasteiger partial charge is 0.328 e. The molecule has 1 aliphatic heterocycles. The van der Waals surface area contributed by atoms with Gasteiger partial charge >= 0.3 is 11.9 Å². The van der Waals surface area contributed by atoms with Crippen LogP contribution in [0.25, 0.3) is 11.1 Å². The van der Waals surface area contributed by atoms with Gasteiger partial charge in [0.25, 0.3) is 5.69 Å². The van der Waals surface area contributed by atoms with Crippen molar-refractivity contribution in [1.82, 2.24) is 9.88 Å². The number of carbonyl (C=O) groups is 4. The Balaban J connectivity index is 0.000000757. The number of non-ortho nitro benzene ring substituents is 1. The average molecular weight is 748 g/mol. The number of likely N-dealkylation sites (tertiary alicyclic amines) is 1. The van der Waals surface area contributed by atoms with Crippen LogP contribution in [0.5, 0.6) is 0 Å². The van der Waals surface area contributed by atoms with Gasteiger partial charge in [-0.1, -0.05) is 92.1 Å². The molecule has 11 heteroatoms. The van der Waals surface area contributed by atoms with Crippen molar-refractivity contribution in [2.45, 2.75) is 77.6 Å². The lowest BCUT2D eigenvalue weighted by Crippen LogP contribution is -2.43. The highest BCUT2D eigenvalue weighted by molar-refractivity contribution is 6.11. The predicted octanol–water partition coefficient (Wildman–Crippen LogP) is 8.79. The van der Waals surface area contributed by atoms with Gasteiger partial charge in [-0.3, -0.25) is 24.7 Å². The largest absolute Gasteiger partial charge is 0.478 e. The Morgan fingerprint density at radius 2 is 1.29 bits per heavy atom. The molecule has 1 fully saturated rings. The minimum atomic E-state index is -1.26. The van der Waals surface area contributed by atoms with Crippen molar-refractivity contribution >= 4 is 29.2 Å². The van der Waals surface area contributed by atoms with Crippen LogP contribution >= 0.6 is 0 Å². The Kier molecular flexibility index (Phi) is 15.3. The van der Waals surface area contributed by atoms with E-state index in [1.165, 1.54) is 30.2 Å². The number of benzene rings is 3. The van der Waals surface area contributed by atoms with Gasteiger partial charge in [0, 0.05) is 64.2 Å². The first kappa shape index (κ1) is 41.9. The van der Waals surface area contributed by atoms with E-state index in [0.29, 0.717) is 52.2 Å². The van der Waals surface area contributed by atoms with E-state index in [1.54, 1.807) is 26.0 Å². The van der Waals surface area contributed by atoms with E-state index >= 15 is 0 Å². The third-order valence-electron chi connectivity index (χ3n) is 10.1. The number of Topliss-reactive ketones (excluding diaryl/α,β-unsaturated/α-hetero) is 2. The van der Waals surface area contributed by atoms with E-state index in [4.69, 9.17) is 10.2 Å². The Labute approximate surface area is 321 Å². The molecule has 11 nitrogen and oxygen atoms in total. The number of aliphatic carboxylic acids is 2. The molecule has 0 amide bonds. The molecule has 1 saturated heterocycles. The molecule has 0 saturated carbocycles. The number of nitrogens with zero attached hydrogens (tertiary/aromatic N) is 3. The van der Waals surface area contributed by atoms with Gasteiger partial charge in [-0.15, -0.1) is 0 Å². The van der Waals surface area contributed by atoms with Crippen LogP contribution in [-0.2, 0) is 15.0 Å². The highest BCUT2D eigenvalue weighted by Gasteiger charge is 2.37. The standard InChI is InChI=1S/C40H45N3O4.C4H4O4/c1-29-37(31(3)44)39(32-16-15-21-35(28-32)43(46)47)38(30(2)41-29)36(45)22-13-5-4-6-14-25-42-26-23-40(24-27-42,33-17-9-7-10-18-33)34-19-11-8-12-20-34;5-3(6)1-2-4(7)8/h7-12,15-21,28H,4-6,13-14,22-27H2,1-3H3;1-2H,(H,5,6)(H,7,8). The van der Waals surface area contributed by atoms with Crippen molar-refractivity contribution in [3.63, 3.8) is 0 Å². The van der Waals surface area contributed by atoms with Crippen molar-refractivity contribution in [3.8, 4) is 11.1 Å². The van der Waals surface area contributed by atoms with Gasteiger partial charge in [-0.05, 0) is 82.8 Å². The van der Waals surface area contributed by atoms with E-state index in [1.807, 2.05) is 0 Å². The summed E-state index contributed by atoms with van der Waals surface area (Å²) in [6.07, 6.45) is 8.68. The zero-order valence-electron chi connectivity index (χ0n) is 31.7. The molecule has 0 bridgehead atoms. The number of aryl methyl sites for hydroxylation is 2. The number of carboxylic acids is 2. The number of pyridine rings is 1. The van der Waals surface area contributed by atoms with Crippen molar-refractivity contribution in [2.24, 2.45) is 0 Å². The van der Waals surface area contributed by atoms with Gasteiger partial charge < -0.3 is 15.1 Å². The third-order valence-corrected chi connectivity index (χ3v) is 10.1. The molecule has 0 aliphatic carbocycles. The summed E-state index contributed by atoms with van der Waals surface area (Å²) in [7, 11) is 0. The normalized spacial score (nSPS) is 13.8. The summed E-state index contributed by atoms with van der Waals surface area (Å²) in [6.45, 7) is 8.21. The Morgan fingerprint density at radius 1 is 0.764 bits per heavy atom. The molecular weight excluding hydrogens is 698 g/mol. The van der Waals surface area contributed by atoms with Crippen molar-refractivity contribution in [3.05, 3.63) is 141 Å². The highest BCUT2D eigenvalue weighted by Crippen LogP contribution is 2.42. The fourth-order valence-electron chi connectivity index (χ4n) is 7.52. The van der Waals surface area contributed by atoms with E-state index in [0.717, 1.165) is 64.6 Å². The number of rotatable bonds is 16. The summed E-state index contributed by atoms with van der Waals surface area (Å²) in [5.74, 6) is -2.81. The van der Waals surface area contributed by atoms with Crippen molar-refractivity contribution in [2.75, 3.05) is 19.6 Å². The number of hydrogen-bond donors (Lipinski definition) is 2. The van der Waals surface area contributed by atoms with Crippen LogP contribution in [0.3, 0.4) is 0 Å². The van der Waals surface area contributed by atoms with Crippen LogP contribution in [0, 0.1) is 24.0 Å². The molecule has 0 unspecified atom stereocenters.